The monoisotopic (exact) mass is 346 g/mol. The Bertz CT molecular complexity index is 812. The summed E-state index contributed by atoms with van der Waals surface area (Å²) in [6.07, 6.45) is 0. The van der Waals surface area contributed by atoms with Crippen molar-refractivity contribution >= 4 is 38.6 Å². The van der Waals surface area contributed by atoms with Gasteiger partial charge in [0.1, 0.15) is 5.75 Å². The average molecular weight is 346 g/mol. The number of methoxy groups -OCH3 is 1. The molecule has 120 valence electrons. The summed E-state index contributed by atoms with van der Waals surface area (Å²) >= 11 is 3.07. The van der Waals surface area contributed by atoms with Gasteiger partial charge in [-0.15, -0.1) is 11.3 Å². The van der Waals surface area contributed by atoms with Crippen LogP contribution in [0.2, 0.25) is 0 Å². The number of benzene rings is 1. The molecule has 0 saturated heterocycles. The number of nitrogen functional groups attached to an aromatic ring is 1. The van der Waals surface area contributed by atoms with E-state index in [1.807, 2.05) is 36.6 Å². The maximum absolute atomic E-state index is 5.75. The molecule has 0 bridgehead atoms. The second kappa shape index (κ2) is 6.55. The Labute approximate surface area is 143 Å². The van der Waals surface area contributed by atoms with Crippen molar-refractivity contribution in [2.24, 2.45) is 0 Å². The second-order valence-corrected chi connectivity index (χ2v) is 6.77. The van der Waals surface area contributed by atoms with E-state index < -0.39 is 0 Å². The van der Waals surface area contributed by atoms with Gasteiger partial charge in [0.25, 0.3) is 0 Å². The molecule has 0 unspecified atom stereocenters. The van der Waals surface area contributed by atoms with Gasteiger partial charge in [-0.05, 0) is 26.0 Å². The lowest BCUT2D eigenvalue weighted by Crippen LogP contribution is -2.16. The smallest absolute Gasteiger partial charge is 0.190 e. The zero-order valence-electron chi connectivity index (χ0n) is 13.2. The SMILES string of the molecule is CCN(c1nc(C)c(-c2csc(N)n2)s1)c1ccccc1OC. The number of aryl methyl sites for hydroxylation is 1. The number of anilines is 3. The first-order chi connectivity index (χ1) is 11.1. The third-order valence-corrected chi connectivity index (χ3v) is 5.34. The lowest BCUT2D eigenvalue weighted by Gasteiger charge is -2.22. The van der Waals surface area contributed by atoms with Crippen LogP contribution in [0.15, 0.2) is 29.6 Å². The maximum atomic E-state index is 5.75. The number of hydrogen-bond donors (Lipinski definition) is 1. The number of hydrogen-bond acceptors (Lipinski definition) is 7. The predicted octanol–water partition coefficient (Wildman–Crippen LogP) is 4.32. The average Bonchev–Trinajstić information content (AvgIpc) is 3.14. The Morgan fingerprint density at radius 2 is 2.04 bits per heavy atom. The Kier molecular flexibility index (Phi) is 4.49. The molecule has 2 N–H and O–H groups in total. The highest BCUT2D eigenvalue weighted by atomic mass is 32.1. The van der Waals surface area contributed by atoms with E-state index in [0.29, 0.717) is 5.13 Å². The normalized spacial score (nSPS) is 10.7. The number of aromatic nitrogens is 2. The van der Waals surface area contributed by atoms with Crippen LogP contribution in [0, 0.1) is 6.92 Å². The van der Waals surface area contributed by atoms with E-state index in [1.54, 1.807) is 18.4 Å². The van der Waals surface area contributed by atoms with Crippen molar-refractivity contribution in [2.75, 3.05) is 24.3 Å². The van der Waals surface area contributed by atoms with Crippen molar-refractivity contribution in [3.05, 3.63) is 35.3 Å². The van der Waals surface area contributed by atoms with Crippen LogP contribution in [0.5, 0.6) is 5.75 Å². The van der Waals surface area contributed by atoms with E-state index in [4.69, 9.17) is 15.5 Å². The van der Waals surface area contributed by atoms with Crippen LogP contribution in [0.4, 0.5) is 16.0 Å². The third kappa shape index (κ3) is 3.02. The molecule has 0 atom stereocenters. The molecule has 0 fully saturated rings. The van der Waals surface area contributed by atoms with Crippen molar-refractivity contribution in [1.82, 2.24) is 9.97 Å². The van der Waals surface area contributed by atoms with E-state index in [-0.39, 0.29) is 0 Å². The van der Waals surface area contributed by atoms with Gasteiger partial charge in [-0.3, -0.25) is 0 Å². The van der Waals surface area contributed by atoms with Crippen LogP contribution in [0.25, 0.3) is 10.6 Å². The number of rotatable bonds is 5. The van der Waals surface area contributed by atoms with Crippen LogP contribution in [-0.2, 0) is 0 Å². The summed E-state index contributed by atoms with van der Waals surface area (Å²) in [5, 5.41) is 3.47. The number of thiazole rings is 2. The Morgan fingerprint density at radius 3 is 2.70 bits per heavy atom. The molecular weight excluding hydrogens is 328 g/mol. The molecule has 3 aromatic rings. The van der Waals surface area contributed by atoms with Crippen molar-refractivity contribution < 1.29 is 4.74 Å². The van der Waals surface area contributed by atoms with Gasteiger partial charge in [0.2, 0.25) is 0 Å². The van der Waals surface area contributed by atoms with Gasteiger partial charge in [-0.2, -0.15) is 0 Å². The highest BCUT2D eigenvalue weighted by Gasteiger charge is 2.19. The highest BCUT2D eigenvalue weighted by Crippen LogP contribution is 2.40. The molecule has 5 nitrogen and oxygen atoms in total. The molecule has 0 saturated carbocycles. The number of ether oxygens (including phenoxy) is 1. The van der Waals surface area contributed by atoms with E-state index in [2.05, 4.69) is 16.8 Å². The fourth-order valence-corrected chi connectivity index (χ4v) is 4.12. The van der Waals surface area contributed by atoms with Gasteiger partial charge in [-0.25, -0.2) is 9.97 Å². The topological polar surface area (TPSA) is 64.3 Å². The Balaban J connectivity index is 2.03. The summed E-state index contributed by atoms with van der Waals surface area (Å²) < 4.78 is 5.48. The molecule has 1 aromatic carbocycles. The first kappa shape index (κ1) is 15.8. The van der Waals surface area contributed by atoms with E-state index in [0.717, 1.165) is 39.4 Å². The molecule has 0 aliphatic carbocycles. The quantitative estimate of drug-likeness (QED) is 0.745. The van der Waals surface area contributed by atoms with Gasteiger partial charge in [0.15, 0.2) is 10.3 Å². The fourth-order valence-electron chi connectivity index (χ4n) is 2.39. The van der Waals surface area contributed by atoms with Crippen molar-refractivity contribution in [2.45, 2.75) is 13.8 Å². The van der Waals surface area contributed by atoms with Crippen molar-refractivity contribution in [1.29, 1.82) is 0 Å². The fraction of sp³-hybridized carbons (Fsp3) is 0.250. The number of para-hydroxylation sites is 2. The van der Waals surface area contributed by atoms with Crippen LogP contribution < -0.4 is 15.4 Å². The molecule has 2 aromatic heterocycles. The van der Waals surface area contributed by atoms with Gasteiger partial charge < -0.3 is 15.4 Å². The van der Waals surface area contributed by atoms with Crippen molar-refractivity contribution in [3.8, 4) is 16.3 Å². The van der Waals surface area contributed by atoms with Crippen molar-refractivity contribution in [3.63, 3.8) is 0 Å². The molecule has 7 heteroatoms. The van der Waals surface area contributed by atoms with Crippen LogP contribution >= 0.6 is 22.7 Å². The van der Waals surface area contributed by atoms with Crippen LogP contribution in [0.1, 0.15) is 12.6 Å². The van der Waals surface area contributed by atoms with Gasteiger partial charge in [0, 0.05) is 11.9 Å². The molecule has 0 aliphatic rings. The van der Waals surface area contributed by atoms with E-state index in [9.17, 15) is 0 Å². The number of nitrogens with zero attached hydrogens (tertiary/aromatic N) is 3. The molecule has 0 spiro atoms. The standard InChI is InChI=1S/C16H18N4OS2/c1-4-20(12-7-5-6-8-13(12)21-3)16-18-10(2)14(23-16)11-9-22-15(17)19-11/h5-9H,4H2,1-3H3,(H2,17,19). The summed E-state index contributed by atoms with van der Waals surface area (Å²) in [5.41, 5.74) is 8.62. The van der Waals surface area contributed by atoms with Gasteiger partial charge in [-0.1, -0.05) is 23.5 Å². The minimum atomic E-state index is 0.575. The summed E-state index contributed by atoms with van der Waals surface area (Å²) in [5.74, 6) is 0.835. The lowest BCUT2D eigenvalue weighted by atomic mass is 10.2. The summed E-state index contributed by atoms with van der Waals surface area (Å²) in [6, 6.07) is 7.97. The minimum Gasteiger partial charge on any atom is -0.495 e. The predicted molar refractivity (Wildman–Crippen MR) is 98.0 cm³/mol. The first-order valence-corrected chi connectivity index (χ1v) is 8.93. The zero-order valence-corrected chi connectivity index (χ0v) is 14.9. The maximum Gasteiger partial charge on any atom is 0.190 e. The largest absolute Gasteiger partial charge is 0.495 e. The molecule has 0 aliphatic heterocycles. The highest BCUT2D eigenvalue weighted by molar-refractivity contribution is 7.19. The Morgan fingerprint density at radius 1 is 1.26 bits per heavy atom. The first-order valence-electron chi connectivity index (χ1n) is 7.23. The minimum absolute atomic E-state index is 0.575. The van der Waals surface area contributed by atoms with Gasteiger partial charge >= 0.3 is 0 Å². The summed E-state index contributed by atoms with van der Waals surface area (Å²) in [4.78, 5) is 12.3. The molecule has 2 heterocycles. The molecule has 3 rings (SSSR count). The van der Waals surface area contributed by atoms with Gasteiger partial charge in [0.05, 0.1) is 29.1 Å². The molecule has 0 amide bonds. The zero-order chi connectivity index (χ0) is 16.4. The second-order valence-electron chi connectivity index (χ2n) is 4.90. The van der Waals surface area contributed by atoms with E-state index >= 15 is 0 Å². The molecular formula is C16H18N4OS2. The molecule has 23 heavy (non-hydrogen) atoms. The third-order valence-electron chi connectivity index (χ3n) is 3.46. The lowest BCUT2D eigenvalue weighted by molar-refractivity contribution is 0.415. The van der Waals surface area contributed by atoms with Crippen LogP contribution in [-0.4, -0.2) is 23.6 Å². The molecule has 0 radical (unpaired) electrons. The number of nitrogens with two attached hydrogens (primary N) is 1. The Hall–Kier alpha value is -2.12. The van der Waals surface area contributed by atoms with E-state index in [1.165, 1.54) is 11.3 Å². The van der Waals surface area contributed by atoms with Crippen LogP contribution in [0.3, 0.4) is 0 Å². The summed E-state index contributed by atoms with van der Waals surface area (Å²) in [6.45, 7) is 4.90. The summed E-state index contributed by atoms with van der Waals surface area (Å²) in [7, 11) is 1.68.